The number of carboxylic acids is 1. The van der Waals surface area contributed by atoms with Gasteiger partial charge in [-0.25, -0.2) is 10.2 Å². The Morgan fingerprint density at radius 3 is 2.62 bits per heavy atom. The number of hydrogen-bond donors (Lipinski definition) is 3. The SMILES string of the molecule is CN(C)c1ccc2c(c1)Oc1c3c(ccc1=C2c1ccc(C(=O)O)cc1C=O)=CC(NN)C=C3. The van der Waals surface area contributed by atoms with E-state index in [2.05, 4.69) is 5.43 Å². The van der Waals surface area contributed by atoms with Crippen molar-refractivity contribution < 1.29 is 19.4 Å². The molecule has 0 spiro atoms. The Morgan fingerprint density at radius 1 is 1.12 bits per heavy atom. The molecular weight excluding hydrogens is 430 g/mol. The molecule has 1 aliphatic heterocycles. The third kappa shape index (κ3) is 3.48. The van der Waals surface area contributed by atoms with Gasteiger partial charge >= 0.3 is 5.97 Å². The van der Waals surface area contributed by atoms with Gasteiger partial charge in [-0.05, 0) is 41.1 Å². The number of anilines is 1. The maximum Gasteiger partial charge on any atom is 0.335 e. The second-order valence-corrected chi connectivity index (χ2v) is 8.44. The van der Waals surface area contributed by atoms with E-state index in [9.17, 15) is 14.7 Å². The topological polar surface area (TPSA) is 105 Å². The van der Waals surface area contributed by atoms with Gasteiger partial charge in [-0.2, -0.15) is 0 Å². The Kier molecular flexibility index (Phi) is 5.28. The Morgan fingerprint density at radius 2 is 1.91 bits per heavy atom. The first-order valence-corrected chi connectivity index (χ1v) is 10.8. The number of carbonyl (C=O) groups is 2. The van der Waals surface area contributed by atoms with Crippen LogP contribution in [0.2, 0.25) is 0 Å². The normalized spacial score (nSPS) is 15.4. The molecule has 170 valence electrons. The smallest absolute Gasteiger partial charge is 0.335 e. The fourth-order valence-electron chi connectivity index (χ4n) is 4.44. The van der Waals surface area contributed by atoms with Crippen molar-refractivity contribution in [3.05, 3.63) is 92.9 Å². The summed E-state index contributed by atoms with van der Waals surface area (Å²) < 4.78 is 6.47. The van der Waals surface area contributed by atoms with Crippen molar-refractivity contribution >= 4 is 35.7 Å². The molecule has 1 atom stereocenters. The van der Waals surface area contributed by atoms with Crippen molar-refractivity contribution in [2.45, 2.75) is 6.04 Å². The number of aromatic carboxylic acids is 1. The largest absolute Gasteiger partial charge is 0.478 e. The van der Waals surface area contributed by atoms with Crippen molar-refractivity contribution in [1.29, 1.82) is 0 Å². The first-order chi connectivity index (χ1) is 16.4. The number of rotatable bonds is 5. The van der Waals surface area contributed by atoms with Crippen LogP contribution in [-0.2, 0) is 0 Å². The van der Waals surface area contributed by atoms with Gasteiger partial charge in [0.2, 0.25) is 0 Å². The van der Waals surface area contributed by atoms with Crippen molar-refractivity contribution in [1.82, 2.24) is 5.43 Å². The highest BCUT2D eigenvalue weighted by Gasteiger charge is 2.25. The molecule has 5 rings (SSSR count). The van der Waals surface area contributed by atoms with Gasteiger partial charge in [-0.3, -0.25) is 10.6 Å². The number of hydrazine groups is 1. The van der Waals surface area contributed by atoms with Gasteiger partial charge in [-0.15, -0.1) is 0 Å². The Balaban J connectivity index is 1.87. The minimum Gasteiger partial charge on any atom is -0.478 e. The predicted octanol–water partition coefficient (Wildman–Crippen LogP) is 2.26. The summed E-state index contributed by atoms with van der Waals surface area (Å²) in [5.41, 5.74) is 7.28. The molecule has 0 radical (unpaired) electrons. The Bertz CT molecular complexity index is 1500. The molecule has 3 aromatic carbocycles. The molecule has 0 amide bonds. The Labute approximate surface area is 196 Å². The quantitative estimate of drug-likeness (QED) is 0.242. The summed E-state index contributed by atoms with van der Waals surface area (Å²) in [6.07, 6.45) is 6.64. The van der Waals surface area contributed by atoms with E-state index in [-0.39, 0.29) is 11.6 Å². The lowest BCUT2D eigenvalue weighted by Crippen LogP contribution is -2.35. The van der Waals surface area contributed by atoms with Crippen molar-refractivity contribution in [2.75, 3.05) is 19.0 Å². The number of nitrogens with zero attached hydrogens (tertiary/aromatic N) is 1. The van der Waals surface area contributed by atoms with Crippen LogP contribution in [0.25, 0.3) is 17.7 Å². The number of aldehydes is 1. The maximum absolute atomic E-state index is 12.0. The highest BCUT2D eigenvalue weighted by atomic mass is 16.5. The van der Waals surface area contributed by atoms with Crippen LogP contribution in [0.15, 0.2) is 54.6 Å². The van der Waals surface area contributed by atoms with Gasteiger partial charge in [-0.1, -0.05) is 30.4 Å². The van der Waals surface area contributed by atoms with Crippen LogP contribution in [0, 0.1) is 0 Å². The first kappa shape index (κ1) is 21.6. The minimum absolute atomic E-state index is 0.0604. The van der Waals surface area contributed by atoms with Crippen LogP contribution < -0.4 is 31.3 Å². The monoisotopic (exact) mass is 453 g/mol. The number of nitrogens with two attached hydrogens (primary N) is 1. The summed E-state index contributed by atoms with van der Waals surface area (Å²) in [4.78, 5) is 25.5. The van der Waals surface area contributed by atoms with E-state index in [0.717, 1.165) is 32.8 Å². The fourth-order valence-corrected chi connectivity index (χ4v) is 4.44. The lowest BCUT2D eigenvalue weighted by molar-refractivity contribution is 0.0697. The van der Waals surface area contributed by atoms with E-state index < -0.39 is 5.97 Å². The van der Waals surface area contributed by atoms with Gasteiger partial charge in [0.25, 0.3) is 0 Å². The molecule has 2 aliphatic rings. The van der Waals surface area contributed by atoms with Gasteiger partial charge in [0.05, 0.1) is 11.6 Å². The van der Waals surface area contributed by atoms with E-state index in [1.807, 2.05) is 67.6 Å². The first-order valence-electron chi connectivity index (χ1n) is 10.8. The number of hydrogen-bond acceptors (Lipinski definition) is 6. The van der Waals surface area contributed by atoms with E-state index >= 15 is 0 Å². The zero-order valence-electron chi connectivity index (χ0n) is 18.7. The lowest BCUT2D eigenvalue weighted by atomic mass is 9.87. The molecule has 0 bridgehead atoms. The van der Waals surface area contributed by atoms with Crippen molar-refractivity contribution in [2.24, 2.45) is 5.84 Å². The van der Waals surface area contributed by atoms with E-state index in [4.69, 9.17) is 10.6 Å². The molecule has 4 N–H and O–H groups in total. The second-order valence-electron chi connectivity index (χ2n) is 8.44. The van der Waals surface area contributed by atoms with E-state index in [0.29, 0.717) is 28.9 Å². The molecule has 1 aliphatic carbocycles. The fraction of sp³-hybridized carbons (Fsp3) is 0.111. The van der Waals surface area contributed by atoms with Gasteiger partial charge in [0.1, 0.15) is 11.5 Å². The van der Waals surface area contributed by atoms with Gasteiger partial charge < -0.3 is 14.7 Å². The molecular formula is C27H23N3O4. The molecule has 0 fully saturated rings. The maximum atomic E-state index is 12.0. The third-order valence-corrected chi connectivity index (χ3v) is 6.18. The number of carbonyl (C=O) groups excluding carboxylic acids is 1. The van der Waals surface area contributed by atoms with Crippen LogP contribution >= 0.6 is 0 Å². The molecule has 0 aromatic heterocycles. The molecule has 7 heteroatoms. The van der Waals surface area contributed by atoms with Crippen LogP contribution in [0.3, 0.4) is 0 Å². The predicted molar refractivity (Wildman–Crippen MR) is 132 cm³/mol. The third-order valence-electron chi connectivity index (χ3n) is 6.18. The summed E-state index contributed by atoms with van der Waals surface area (Å²) in [6, 6.07) is 14.4. The minimum atomic E-state index is -1.08. The van der Waals surface area contributed by atoms with E-state index in [1.54, 1.807) is 6.07 Å². The van der Waals surface area contributed by atoms with Crippen LogP contribution in [0.1, 0.15) is 37.4 Å². The Hall–Kier alpha value is -4.20. The highest BCUT2D eigenvalue weighted by Crippen LogP contribution is 2.40. The molecule has 34 heavy (non-hydrogen) atoms. The molecule has 7 nitrogen and oxygen atoms in total. The molecule has 1 unspecified atom stereocenters. The van der Waals surface area contributed by atoms with Crippen LogP contribution in [-0.4, -0.2) is 37.5 Å². The number of benzene rings is 3. The average molecular weight is 453 g/mol. The summed E-state index contributed by atoms with van der Waals surface area (Å²) >= 11 is 0. The van der Waals surface area contributed by atoms with Crippen LogP contribution in [0.5, 0.6) is 11.5 Å². The molecule has 3 aromatic rings. The molecule has 1 heterocycles. The van der Waals surface area contributed by atoms with Crippen molar-refractivity contribution in [3.8, 4) is 11.5 Å². The summed E-state index contributed by atoms with van der Waals surface area (Å²) in [5, 5.41) is 11.2. The average Bonchev–Trinajstić information content (AvgIpc) is 2.86. The zero-order valence-corrected chi connectivity index (χ0v) is 18.7. The second kappa shape index (κ2) is 8.30. The van der Waals surface area contributed by atoms with E-state index in [1.165, 1.54) is 12.1 Å². The van der Waals surface area contributed by atoms with Gasteiger partial charge in [0, 0.05) is 53.3 Å². The number of nitrogens with one attached hydrogen (secondary N) is 1. The molecule has 0 saturated carbocycles. The van der Waals surface area contributed by atoms with Crippen molar-refractivity contribution in [3.63, 3.8) is 0 Å². The summed E-state index contributed by atoms with van der Waals surface area (Å²) in [6.45, 7) is 0. The zero-order chi connectivity index (χ0) is 24.0. The standard InChI is InChI=1S/C27H23N3O4/c1-30(2)19-6-10-22-24(13-19)34-26-21-9-5-18(29-28)12-15(21)3-8-23(26)25(22)20-7-4-16(27(32)33)11-17(20)14-31/h3-14,18,29H,28H2,1-2H3,(H,32,33). The summed E-state index contributed by atoms with van der Waals surface area (Å²) in [5.74, 6) is 5.88. The number of fused-ring (bicyclic) bond motifs is 4. The lowest BCUT2D eigenvalue weighted by Gasteiger charge is -2.26. The summed E-state index contributed by atoms with van der Waals surface area (Å²) in [7, 11) is 3.91. The molecule has 0 saturated heterocycles. The number of ether oxygens (including phenoxy) is 1. The number of carboxylic acid groups (broad SMARTS) is 1. The van der Waals surface area contributed by atoms with Crippen LogP contribution in [0.4, 0.5) is 5.69 Å². The van der Waals surface area contributed by atoms with Gasteiger partial charge in [0.15, 0.2) is 6.29 Å². The highest BCUT2D eigenvalue weighted by molar-refractivity contribution is 5.97.